The predicted molar refractivity (Wildman–Crippen MR) is 102 cm³/mol. The van der Waals surface area contributed by atoms with Crippen LogP contribution in [-0.2, 0) is 9.59 Å². The fraction of sp³-hybridized carbons (Fsp3) is 0.316. The number of thiazole rings is 1. The van der Waals surface area contributed by atoms with E-state index in [4.69, 9.17) is 0 Å². The first kappa shape index (κ1) is 19.8. The summed E-state index contributed by atoms with van der Waals surface area (Å²) >= 11 is 1.41. The number of aromatic nitrogens is 1. The Kier molecular flexibility index (Phi) is 6.26. The minimum Gasteiger partial charge on any atom is -0.350 e. The second kappa shape index (κ2) is 8.23. The van der Waals surface area contributed by atoms with Crippen molar-refractivity contribution >= 4 is 29.2 Å². The number of nitrogens with zero attached hydrogens (tertiary/aromatic N) is 2. The van der Waals surface area contributed by atoms with Crippen molar-refractivity contribution < 1.29 is 14.0 Å². The van der Waals surface area contributed by atoms with E-state index < -0.39 is 0 Å². The lowest BCUT2D eigenvalue weighted by atomic mass is 10.1. The van der Waals surface area contributed by atoms with Gasteiger partial charge >= 0.3 is 0 Å². The molecule has 0 aliphatic heterocycles. The van der Waals surface area contributed by atoms with Gasteiger partial charge in [0.05, 0.1) is 12.2 Å². The van der Waals surface area contributed by atoms with Crippen molar-refractivity contribution in [3.63, 3.8) is 0 Å². The standard InChI is InChI=1S/C19H22FN3O2S/c1-19(2,3)22-16(24)11-23(4)17(25)10-9-15-12-26-18(21-15)13-5-7-14(20)8-6-13/h5-10,12H,11H2,1-4H3,(H,22,24). The van der Waals surface area contributed by atoms with Crippen molar-refractivity contribution in [3.05, 3.63) is 47.2 Å². The molecule has 1 N–H and O–H groups in total. The minimum atomic E-state index is -0.339. The van der Waals surface area contributed by atoms with E-state index >= 15 is 0 Å². The molecule has 138 valence electrons. The van der Waals surface area contributed by atoms with E-state index in [1.54, 1.807) is 25.3 Å². The number of hydrogen-bond donors (Lipinski definition) is 1. The highest BCUT2D eigenvalue weighted by molar-refractivity contribution is 7.13. The second-order valence-electron chi connectivity index (χ2n) is 6.91. The molecule has 26 heavy (non-hydrogen) atoms. The zero-order valence-electron chi connectivity index (χ0n) is 15.2. The smallest absolute Gasteiger partial charge is 0.246 e. The number of amides is 2. The van der Waals surface area contributed by atoms with Crippen LogP contribution in [0.1, 0.15) is 26.5 Å². The molecular weight excluding hydrogens is 353 g/mol. The summed E-state index contributed by atoms with van der Waals surface area (Å²) in [5.41, 5.74) is 1.11. The van der Waals surface area contributed by atoms with Gasteiger partial charge in [0.25, 0.3) is 0 Å². The number of hydrogen-bond acceptors (Lipinski definition) is 4. The molecule has 0 saturated heterocycles. The van der Waals surface area contributed by atoms with Gasteiger partial charge in [-0.05, 0) is 51.1 Å². The topological polar surface area (TPSA) is 62.3 Å². The van der Waals surface area contributed by atoms with Gasteiger partial charge in [-0.25, -0.2) is 9.37 Å². The molecular formula is C19H22FN3O2S. The lowest BCUT2D eigenvalue weighted by Crippen LogP contribution is -2.46. The van der Waals surface area contributed by atoms with Gasteiger partial charge in [0.2, 0.25) is 11.8 Å². The van der Waals surface area contributed by atoms with Crippen LogP contribution < -0.4 is 5.32 Å². The Morgan fingerprint density at radius 2 is 1.92 bits per heavy atom. The normalized spacial score (nSPS) is 11.6. The van der Waals surface area contributed by atoms with Crippen LogP contribution in [0, 0.1) is 5.82 Å². The van der Waals surface area contributed by atoms with Gasteiger partial charge in [0.15, 0.2) is 0 Å². The van der Waals surface area contributed by atoms with Crippen LogP contribution in [0.15, 0.2) is 35.7 Å². The maximum absolute atomic E-state index is 13.0. The van der Waals surface area contributed by atoms with Gasteiger partial charge in [-0.15, -0.1) is 11.3 Å². The summed E-state index contributed by atoms with van der Waals surface area (Å²) in [6.07, 6.45) is 2.98. The number of benzene rings is 1. The average molecular weight is 375 g/mol. The van der Waals surface area contributed by atoms with E-state index in [-0.39, 0.29) is 29.7 Å². The van der Waals surface area contributed by atoms with E-state index in [0.29, 0.717) is 5.69 Å². The molecule has 7 heteroatoms. The maximum Gasteiger partial charge on any atom is 0.246 e. The monoisotopic (exact) mass is 375 g/mol. The molecule has 0 spiro atoms. The van der Waals surface area contributed by atoms with Gasteiger partial charge in [-0.2, -0.15) is 0 Å². The Morgan fingerprint density at radius 3 is 2.54 bits per heavy atom. The fourth-order valence-corrected chi connectivity index (χ4v) is 2.92. The largest absolute Gasteiger partial charge is 0.350 e. The van der Waals surface area contributed by atoms with E-state index in [2.05, 4.69) is 10.3 Å². The minimum absolute atomic E-state index is 0.0155. The third kappa shape index (κ3) is 6.07. The quantitative estimate of drug-likeness (QED) is 0.816. The van der Waals surface area contributed by atoms with Crippen LogP contribution >= 0.6 is 11.3 Å². The van der Waals surface area contributed by atoms with Gasteiger partial charge in [-0.1, -0.05) is 0 Å². The fourth-order valence-electron chi connectivity index (χ4n) is 2.12. The Morgan fingerprint density at radius 1 is 1.27 bits per heavy atom. The number of carbonyl (C=O) groups is 2. The summed E-state index contributed by atoms with van der Waals surface area (Å²) in [7, 11) is 1.57. The third-order valence-electron chi connectivity index (χ3n) is 3.28. The van der Waals surface area contributed by atoms with Crippen molar-refractivity contribution in [2.75, 3.05) is 13.6 Å². The molecule has 2 rings (SSSR count). The van der Waals surface area contributed by atoms with Crippen LogP contribution in [0.5, 0.6) is 0 Å². The summed E-state index contributed by atoms with van der Waals surface area (Å²) < 4.78 is 13.0. The van der Waals surface area contributed by atoms with E-state index in [9.17, 15) is 14.0 Å². The highest BCUT2D eigenvalue weighted by atomic mass is 32.1. The van der Waals surface area contributed by atoms with Crippen molar-refractivity contribution in [2.45, 2.75) is 26.3 Å². The van der Waals surface area contributed by atoms with E-state index in [0.717, 1.165) is 10.6 Å². The molecule has 0 atom stereocenters. The average Bonchev–Trinajstić information content (AvgIpc) is 3.00. The van der Waals surface area contributed by atoms with Gasteiger partial charge in [0, 0.05) is 29.6 Å². The molecule has 0 unspecified atom stereocenters. The molecule has 1 aromatic heterocycles. The van der Waals surface area contributed by atoms with E-state index in [1.165, 1.54) is 34.4 Å². The lowest BCUT2D eigenvalue weighted by Gasteiger charge is -2.22. The first-order valence-corrected chi connectivity index (χ1v) is 8.98. The molecule has 0 fully saturated rings. The van der Waals surface area contributed by atoms with Gasteiger partial charge in [-0.3, -0.25) is 9.59 Å². The summed E-state index contributed by atoms with van der Waals surface area (Å²) in [6.45, 7) is 5.63. The van der Waals surface area contributed by atoms with Crippen molar-refractivity contribution in [1.82, 2.24) is 15.2 Å². The van der Waals surface area contributed by atoms with Crippen LogP contribution in [0.2, 0.25) is 0 Å². The lowest BCUT2D eigenvalue weighted by molar-refractivity contribution is -0.131. The molecule has 0 radical (unpaired) electrons. The van der Waals surface area contributed by atoms with E-state index in [1.807, 2.05) is 26.2 Å². The van der Waals surface area contributed by atoms with Crippen molar-refractivity contribution in [2.24, 2.45) is 0 Å². The summed E-state index contributed by atoms with van der Waals surface area (Å²) in [4.78, 5) is 29.7. The Bertz CT molecular complexity index is 807. The number of carbonyl (C=O) groups excluding carboxylic acids is 2. The van der Waals surface area contributed by atoms with Crippen LogP contribution in [0.25, 0.3) is 16.6 Å². The molecule has 0 saturated carbocycles. The highest BCUT2D eigenvalue weighted by Gasteiger charge is 2.16. The number of nitrogens with one attached hydrogen (secondary N) is 1. The summed E-state index contributed by atoms with van der Waals surface area (Å²) in [5.74, 6) is -0.797. The van der Waals surface area contributed by atoms with Crippen LogP contribution in [-0.4, -0.2) is 40.8 Å². The predicted octanol–water partition coefficient (Wildman–Crippen LogP) is 3.34. The van der Waals surface area contributed by atoms with Gasteiger partial charge in [0.1, 0.15) is 10.8 Å². The number of likely N-dealkylation sites (N-methyl/N-ethyl adjacent to an activating group) is 1. The first-order chi connectivity index (χ1) is 12.1. The summed E-state index contributed by atoms with van der Waals surface area (Å²) in [5, 5.41) is 5.37. The zero-order chi connectivity index (χ0) is 19.3. The van der Waals surface area contributed by atoms with Gasteiger partial charge < -0.3 is 10.2 Å². The van der Waals surface area contributed by atoms with Crippen molar-refractivity contribution in [1.29, 1.82) is 0 Å². The number of halogens is 1. The Labute approximate surface area is 156 Å². The van der Waals surface area contributed by atoms with Crippen LogP contribution in [0.4, 0.5) is 4.39 Å². The number of rotatable bonds is 5. The summed E-state index contributed by atoms with van der Waals surface area (Å²) in [6, 6.07) is 6.09. The molecule has 5 nitrogen and oxygen atoms in total. The SMILES string of the molecule is CN(CC(=O)NC(C)(C)C)C(=O)C=Cc1csc(-c2ccc(F)cc2)n1. The maximum atomic E-state index is 13.0. The van der Waals surface area contributed by atoms with Crippen molar-refractivity contribution in [3.8, 4) is 10.6 Å². The molecule has 0 bridgehead atoms. The molecule has 1 aromatic carbocycles. The van der Waals surface area contributed by atoms with Crippen LogP contribution in [0.3, 0.4) is 0 Å². The third-order valence-corrected chi connectivity index (χ3v) is 4.19. The molecule has 0 aliphatic rings. The zero-order valence-corrected chi connectivity index (χ0v) is 16.1. The highest BCUT2D eigenvalue weighted by Crippen LogP contribution is 2.24. The molecule has 2 amide bonds. The second-order valence-corrected chi connectivity index (χ2v) is 7.77. The molecule has 2 aromatic rings. The molecule has 0 aliphatic carbocycles. The Balaban J connectivity index is 1.95. The Hall–Kier alpha value is -2.54. The molecule has 1 heterocycles. The first-order valence-electron chi connectivity index (χ1n) is 8.10.